The van der Waals surface area contributed by atoms with Crippen LogP contribution in [-0.2, 0) is 28.2 Å². The molecular formula is C24H47O8P. The molecule has 2 N–H and O–H groups in total. The van der Waals surface area contributed by atoms with Crippen LogP contribution < -0.4 is 0 Å². The maximum absolute atomic E-state index is 12.0. The van der Waals surface area contributed by atoms with E-state index < -0.39 is 32.5 Å². The molecule has 0 bridgehead atoms. The van der Waals surface area contributed by atoms with Gasteiger partial charge in [0.15, 0.2) is 6.10 Å². The van der Waals surface area contributed by atoms with Crippen LogP contribution in [0.5, 0.6) is 0 Å². The van der Waals surface area contributed by atoms with Gasteiger partial charge in [0, 0.05) is 12.8 Å². The van der Waals surface area contributed by atoms with Gasteiger partial charge in [0.2, 0.25) is 0 Å². The Balaban J connectivity index is 4.07. The van der Waals surface area contributed by atoms with Gasteiger partial charge in [-0.05, 0) is 12.8 Å². The number of ether oxygens (including phenoxy) is 2. The van der Waals surface area contributed by atoms with Crippen molar-refractivity contribution in [3.05, 3.63) is 0 Å². The first-order valence-corrected chi connectivity index (χ1v) is 14.4. The van der Waals surface area contributed by atoms with Crippen LogP contribution >= 0.6 is 7.82 Å². The number of carbonyl (C=O) groups excluding carboxylic acids is 2. The summed E-state index contributed by atoms with van der Waals surface area (Å²) >= 11 is 0. The van der Waals surface area contributed by atoms with E-state index in [4.69, 9.17) is 19.3 Å². The molecule has 0 aromatic heterocycles. The lowest BCUT2D eigenvalue weighted by Crippen LogP contribution is -2.29. The van der Waals surface area contributed by atoms with Crippen LogP contribution in [0, 0.1) is 0 Å². The first kappa shape index (κ1) is 32.0. The fraction of sp³-hybridized carbons (Fsp3) is 0.917. The van der Waals surface area contributed by atoms with E-state index in [-0.39, 0.29) is 19.4 Å². The lowest BCUT2D eigenvalue weighted by molar-refractivity contribution is -0.161. The first-order valence-electron chi connectivity index (χ1n) is 12.8. The van der Waals surface area contributed by atoms with Gasteiger partial charge in [0.05, 0.1) is 6.61 Å². The minimum absolute atomic E-state index is 0.211. The third kappa shape index (κ3) is 24.0. The standard InChI is InChI=1S/C24H47O8P/c1-3-5-7-9-10-11-12-13-15-16-18-23(25)30-20-22(21-31-33(27,28)29)32-24(26)19-17-14-8-6-4-2/h22H,3-21H2,1-2H3,(H2,27,28,29)/t22-/m1/s1. The molecule has 0 amide bonds. The minimum Gasteiger partial charge on any atom is -0.462 e. The van der Waals surface area contributed by atoms with Crippen LogP contribution in [0.1, 0.15) is 123 Å². The molecule has 0 aliphatic rings. The molecule has 0 spiro atoms. The molecule has 0 unspecified atom stereocenters. The minimum atomic E-state index is -4.72. The molecule has 8 nitrogen and oxygen atoms in total. The molecule has 1 atom stereocenters. The Kier molecular flexibility index (Phi) is 21.0. The summed E-state index contributed by atoms with van der Waals surface area (Å²) in [6, 6.07) is 0. The van der Waals surface area contributed by atoms with Crippen LogP contribution in [0.3, 0.4) is 0 Å². The van der Waals surface area contributed by atoms with Crippen molar-refractivity contribution in [3.63, 3.8) is 0 Å². The van der Waals surface area contributed by atoms with E-state index >= 15 is 0 Å². The SMILES string of the molecule is CCCCCCCCCCCCC(=O)OC[C@H](COP(=O)(O)O)OC(=O)CCCCCCC. The number of hydrogen-bond donors (Lipinski definition) is 2. The zero-order valence-electron chi connectivity index (χ0n) is 20.8. The Labute approximate surface area is 200 Å². The molecule has 0 aliphatic heterocycles. The van der Waals surface area contributed by atoms with E-state index in [0.29, 0.717) is 6.42 Å². The van der Waals surface area contributed by atoms with Gasteiger partial charge in [-0.15, -0.1) is 0 Å². The topological polar surface area (TPSA) is 119 Å². The van der Waals surface area contributed by atoms with Gasteiger partial charge >= 0.3 is 19.8 Å². The van der Waals surface area contributed by atoms with Crippen molar-refractivity contribution in [1.29, 1.82) is 0 Å². The van der Waals surface area contributed by atoms with E-state index in [1.807, 2.05) is 0 Å². The quantitative estimate of drug-likeness (QED) is 0.0975. The largest absolute Gasteiger partial charge is 0.469 e. The number of rotatable bonds is 23. The molecule has 0 saturated heterocycles. The number of phosphoric acid groups is 1. The molecular weight excluding hydrogens is 447 g/mol. The van der Waals surface area contributed by atoms with Gasteiger partial charge in [0.1, 0.15) is 6.61 Å². The highest BCUT2D eigenvalue weighted by Crippen LogP contribution is 2.35. The maximum atomic E-state index is 12.0. The smallest absolute Gasteiger partial charge is 0.462 e. The van der Waals surface area contributed by atoms with E-state index in [0.717, 1.165) is 44.9 Å². The average Bonchev–Trinajstić information content (AvgIpc) is 2.76. The fourth-order valence-corrected chi connectivity index (χ4v) is 3.79. The second kappa shape index (κ2) is 21.6. The second-order valence-electron chi connectivity index (χ2n) is 8.68. The predicted molar refractivity (Wildman–Crippen MR) is 129 cm³/mol. The summed E-state index contributed by atoms with van der Waals surface area (Å²) in [5, 5.41) is 0. The van der Waals surface area contributed by atoms with Gasteiger partial charge in [-0.3, -0.25) is 14.1 Å². The molecule has 0 aromatic rings. The highest BCUT2D eigenvalue weighted by molar-refractivity contribution is 7.46. The Bertz CT molecular complexity index is 535. The summed E-state index contributed by atoms with van der Waals surface area (Å²) in [4.78, 5) is 41.8. The number of hydrogen-bond acceptors (Lipinski definition) is 6. The molecule has 0 heterocycles. The molecule has 0 rings (SSSR count). The molecule has 0 fully saturated rings. The molecule has 33 heavy (non-hydrogen) atoms. The van der Waals surface area contributed by atoms with Crippen molar-refractivity contribution in [3.8, 4) is 0 Å². The van der Waals surface area contributed by atoms with Crippen molar-refractivity contribution < 1.29 is 37.9 Å². The van der Waals surface area contributed by atoms with Gasteiger partial charge in [0.25, 0.3) is 0 Å². The van der Waals surface area contributed by atoms with E-state index in [2.05, 4.69) is 18.4 Å². The van der Waals surface area contributed by atoms with Crippen LogP contribution in [0.15, 0.2) is 0 Å². The van der Waals surface area contributed by atoms with Crippen LogP contribution in [-0.4, -0.2) is 41.0 Å². The van der Waals surface area contributed by atoms with Crippen molar-refractivity contribution in [2.24, 2.45) is 0 Å². The van der Waals surface area contributed by atoms with Gasteiger partial charge in [-0.25, -0.2) is 4.57 Å². The highest BCUT2D eigenvalue weighted by atomic mass is 31.2. The van der Waals surface area contributed by atoms with Crippen molar-refractivity contribution >= 4 is 19.8 Å². The lowest BCUT2D eigenvalue weighted by Gasteiger charge is -2.18. The predicted octanol–water partition coefficient (Wildman–Crippen LogP) is 6.22. The summed E-state index contributed by atoms with van der Waals surface area (Å²) < 4.78 is 25.8. The molecule has 0 radical (unpaired) electrons. The number of carbonyl (C=O) groups is 2. The fourth-order valence-electron chi connectivity index (χ4n) is 3.43. The second-order valence-corrected chi connectivity index (χ2v) is 9.92. The van der Waals surface area contributed by atoms with E-state index in [1.165, 1.54) is 44.9 Å². The summed E-state index contributed by atoms with van der Waals surface area (Å²) in [5.41, 5.74) is 0. The van der Waals surface area contributed by atoms with Gasteiger partial charge in [-0.1, -0.05) is 97.3 Å². The number of unbranched alkanes of at least 4 members (excludes halogenated alkanes) is 13. The summed E-state index contributed by atoms with van der Waals surface area (Å²) in [6.07, 6.45) is 16.0. The van der Waals surface area contributed by atoms with Gasteiger partial charge < -0.3 is 19.3 Å². The average molecular weight is 495 g/mol. The number of esters is 2. The molecule has 0 saturated carbocycles. The third-order valence-corrected chi connectivity index (χ3v) is 5.86. The molecule has 196 valence electrons. The van der Waals surface area contributed by atoms with Crippen LogP contribution in [0.25, 0.3) is 0 Å². The zero-order chi connectivity index (χ0) is 24.8. The highest BCUT2D eigenvalue weighted by Gasteiger charge is 2.22. The zero-order valence-corrected chi connectivity index (χ0v) is 21.7. The Hall–Kier alpha value is -0.950. The lowest BCUT2D eigenvalue weighted by atomic mass is 10.1. The number of phosphoric ester groups is 1. The normalized spacial score (nSPS) is 12.5. The van der Waals surface area contributed by atoms with E-state index in [1.54, 1.807) is 0 Å². The Morgan fingerprint density at radius 2 is 1.09 bits per heavy atom. The maximum Gasteiger partial charge on any atom is 0.469 e. The van der Waals surface area contributed by atoms with Crippen LogP contribution in [0.2, 0.25) is 0 Å². The summed E-state index contributed by atoms with van der Waals surface area (Å²) in [6.45, 7) is 3.51. The molecule has 0 aromatic carbocycles. The molecule has 0 aliphatic carbocycles. The third-order valence-electron chi connectivity index (χ3n) is 5.38. The Morgan fingerprint density at radius 3 is 1.55 bits per heavy atom. The van der Waals surface area contributed by atoms with Crippen molar-refractivity contribution in [2.75, 3.05) is 13.2 Å². The summed E-state index contributed by atoms with van der Waals surface area (Å²) in [7, 11) is -4.72. The van der Waals surface area contributed by atoms with E-state index in [9.17, 15) is 14.2 Å². The summed E-state index contributed by atoms with van der Waals surface area (Å²) in [5.74, 6) is -0.900. The van der Waals surface area contributed by atoms with Crippen LogP contribution in [0.4, 0.5) is 0 Å². The van der Waals surface area contributed by atoms with Gasteiger partial charge in [-0.2, -0.15) is 0 Å². The first-order chi connectivity index (χ1) is 15.8. The monoisotopic (exact) mass is 494 g/mol. The molecule has 9 heteroatoms. The Morgan fingerprint density at radius 1 is 0.667 bits per heavy atom. The van der Waals surface area contributed by atoms with Crippen molar-refractivity contribution in [2.45, 2.75) is 129 Å². The van der Waals surface area contributed by atoms with Crippen molar-refractivity contribution in [1.82, 2.24) is 0 Å².